The molecule has 5 nitrogen and oxygen atoms in total. The standard InChI is InChI=1S/C17H23F5O5Si/c1-9(2)26-28(24-5,27-10(3)4)8-6-7-25-17(23)11-12(18)14(20)16(22)15(21)13(11)19/h9-10H,6-8H2,1-5H3. The molecule has 0 aromatic heterocycles. The molecule has 0 bridgehead atoms. The zero-order valence-electron chi connectivity index (χ0n) is 16.2. The number of halogens is 5. The maximum Gasteiger partial charge on any atom is 0.501 e. The fourth-order valence-corrected chi connectivity index (χ4v) is 5.07. The fraction of sp³-hybridized carbons (Fsp3) is 0.588. The van der Waals surface area contributed by atoms with E-state index in [4.69, 9.17) is 13.3 Å². The van der Waals surface area contributed by atoms with Crippen molar-refractivity contribution in [1.29, 1.82) is 0 Å². The molecule has 11 heteroatoms. The van der Waals surface area contributed by atoms with Crippen molar-refractivity contribution in [3.8, 4) is 0 Å². The van der Waals surface area contributed by atoms with Crippen molar-refractivity contribution in [2.24, 2.45) is 0 Å². The number of carbonyl (C=O) groups excluding carboxylic acids is 1. The molecule has 0 aliphatic heterocycles. The van der Waals surface area contributed by atoms with Gasteiger partial charge >= 0.3 is 14.8 Å². The van der Waals surface area contributed by atoms with E-state index in [9.17, 15) is 26.7 Å². The summed E-state index contributed by atoms with van der Waals surface area (Å²) in [6.45, 7) is 6.78. The zero-order chi connectivity index (χ0) is 21.6. The Labute approximate surface area is 161 Å². The van der Waals surface area contributed by atoms with E-state index in [-0.39, 0.29) is 31.3 Å². The van der Waals surface area contributed by atoms with E-state index in [1.54, 1.807) is 27.7 Å². The molecule has 1 rings (SSSR count). The average Bonchev–Trinajstić information content (AvgIpc) is 2.61. The Hall–Kier alpha value is -1.56. The van der Waals surface area contributed by atoms with Gasteiger partial charge in [-0.1, -0.05) is 0 Å². The molecule has 0 heterocycles. The van der Waals surface area contributed by atoms with E-state index in [0.717, 1.165) is 0 Å². The first-order valence-electron chi connectivity index (χ1n) is 8.55. The Morgan fingerprint density at radius 2 is 1.29 bits per heavy atom. The quantitative estimate of drug-likeness (QED) is 0.138. The predicted molar refractivity (Wildman–Crippen MR) is 91.1 cm³/mol. The van der Waals surface area contributed by atoms with Gasteiger partial charge in [-0.15, -0.1) is 0 Å². The summed E-state index contributed by atoms with van der Waals surface area (Å²) in [6.07, 6.45) is -0.289. The van der Waals surface area contributed by atoms with Gasteiger partial charge in [0.2, 0.25) is 5.82 Å². The van der Waals surface area contributed by atoms with Gasteiger partial charge in [0.25, 0.3) is 0 Å². The van der Waals surface area contributed by atoms with Crippen LogP contribution in [0.1, 0.15) is 44.5 Å². The monoisotopic (exact) mass is 430 g/mol. The van der Waals surface area contributed by atoms with Gasteiger partial charge in [0.15, 0.2) is 23.3 Å². The number of hydrogen-bond acceptors (Lipinski definition) is 5. The summed E-state index contributed by atoms with van der Waals surface area (Å²) in [4.78, 5) is 11.8. The topological polar surface area (TPSA) is 54.0 Å². The maximum absolute atomic E-state index is 13.6. The van der Waals surface area contributed by atoms with Crippen LogP contribution in [0.3, 0.4) is 0 Å². The normalized spacial score (nSPS) is 12.1. The summed E-state index contributed by atoms with van der Waals surface area (Å²) < 4.78 is 88.3. The summed E-state index contributed by atoms with van der Waals surface area (Å²) in [5.74, 6) is -12.9. The van der Waals surface area contributed by atoms with E-state index in [1.165, 1.54) is 7.11 Å². The van der Waals surface area contributed by atoms with Crippen LogP contribution in [0.2, 0.25) is 6.04 Å². The second-order valence-corrected chi connectivity index (χ2v) is 9.15. The number of rotatable bonds is 10. The van der Waals surface area contributed by atoms with E-state index >= 15 is 0 Å². The van der Waals surface area contributed by atoms with Gasteiger partial charge < -0.3 is 18.0 Å². The van der Waals surface area contributed by atoms with Crippen LogP contribution in [0.5, 0.6) is 0 Å². The highest BCUT2D eigenvalue weighted by Crippen LogP contribution is 2.24. The first-order chi connectivity index (χ1) is 13.0. The fourth-order valence-electron chi connectivity index (χ4n) is 2.37. The largest absolute Gasteiger partial charge is 0.501 e. The second-order valence-electron chi connectivity index (χ2n) is 6.40. The Morgan fingerprint density at radius 3 is 1.68 bits per heavy atom. The molecular formula is C17H23F5O5Si. The molecule has 160 valence electrons. The molecule has 0 aliphatic rings. The van der Waals surface area contributed by atoms with Crippen molar-refractivity contribution < 1.29 is 44.8 Å². The zero-order valence-corrected chi connectivity index (χ0v) is 17.2. The first-order valence-corrected chi connectivity index (χ1v) is 10.5. The highest BCUT2D eigenvalue weighted by atomic mass is 28.4. The third-order valence-corrected chi connectivity index (χ3v) is 6.66. The molecule has 28 heavy (non-hydrogen) atoms. The summed E-state index contributed by atoms with van der Waals surface area (Å²) in [5, 5.41) is 0. The van der Waals surface area contributed by atoms with Crippen molar-refractivity contribution in [3.63, 3.8) is 0 Å². The van der Waals surface area contributed by atoms with Gasteiger partial charge in [-0.2, -0.15) is 0 Å². The lowest BCUT2D eigenvalue weighted by Gasteiger charge is -2.31. The SMILES string of the molecule is CO[Si](CCCOC(=O)c1c(F)c(F)c(F)c(F)c1F)(OC(C)C)OC(C)C. The smallest absolute Gasteiger partial charge is 0.462 e. The molecule has 0 N–H and O–H groups in total. The van der Waals surface area contributed by atoms with Crippen LogP contribution in [0.4, 0.5) is 22.0 Å². The minimum atomic E-state index is -3.10. The highest BCUT2D eigenvalue weighted by molar-refractivity contribution is 6.60. The van der Waals surface area contributed by atoms with Crippen LogP contribution in [0.25, 0.3) is 0 Å². The van der Waals surface area contributed by atoms with Gasteiger partial charge in [0.1, 0.15) is 5.56 Å². The van der Waals surface area contributed by atoms with Crippen molar-refractivity contribution in [3.05, 3.63) is 34.6 Å². The molecule has 1 aromatic carbocycles. The van der Waals surface area contributed by atoms with E-state index < -0.39 is 49.4 Å². The summed E-state index contributed by atoms with van der Waals surface area (Å²) in [5.41, 5.74) is -1.64. The number of benzene rings is 1. The van der Waals surface area contributed by atoms with Crippen LogP contribution >= 0.6 is 0 Å². The van der Waals surface area contributed by atoms with Gasteiger partial charge in [0.05, 0.1) is 6.61 Å². The molecule has 0 radical (unpaired) electrons. The Balaban J connectivity index is 2.81. The molecule has 1 aromatic rings. The second kappa shape index (κ2) is 10.3. The number of hydrogen-bond donors (Lipinski definition) is 0. The molecule has 0 saturated carbocycles. The molecule has 0 atom stereocenters. The van der Waals surface area contributed by atoms with Crippen LogP contribution in [0.15, 0.2) is 0 Å². The van der Waals surface area contributed by atoms with Crippen molar-refractivity contribution in [2.75, 3.05) is 13.7 Å². The van der Waals surface area contributed by atoms with Gasteiger partial charge in [-0.05, 0) is 34.1 Å². The lowest BCUT2D eigenvalue weighted by atomic mass is 10.1. The third-order valence-electron chi connectivity index (χ3n) is 3.42. The van der Waals surface area contributed by atoms with E-state index in [1.807, 2.05) is 0 Å². The minimum Gasteiger partial charge on any atom is -0.462 e. The van der Waals surface area contributed by atoms with Crippen LogP contribution in [-0.4, -0.2) is 40.7 Å². The average molecular weight is 430 g/mol. The summed E-state index contributed by atoms with van der Waals surface area (Å²) in [6, 6.07) is 0.213. The number of carbonyl (C=O) groups is 1. The van der Waals surface area contributed by atoms with Crippen molar-refractivity contribution in [1.82, 2.24) is 0 Å². The molecule has 0 fully saturated rings. The molecule has 0 spiro atoms. The van der Waals surface area contributed by atoms with Gasteiger partial charge in [0, 0.05) is 25.4 Å². The highest BCUT2D eigenvalue weighted by Gasteiger charge is 2.41. The predicted octanol–water partition coefficient (Wildman–Crippen LogP) is 4.36. The van der Waals surface area contributed by atoms with Crippen LogP contribution in [-0.2, 0) is 18.0 Å². The van der Waals surface area contributed by atoms with Crippen LogP contribution < -0.4 is 0 Å². The Kier molecular flexibility index (Phi) is 8.99. The van der Waals surface area contributed by atoms with Crippen LogP contribution in [0, 0.1) is 29.1 Å². The maximum atomic E-state index is 13.6. The van der Waals surface area contributed by atoms with Gasteiger partial charge in [-0.25, -0.2) is 26.7 Å². The Morgan fingerprint density at radius 1 is 0.857 bits per heavy atom. The molecule has 0 aliphatic carbocycles. The molecule has 0 amide bonds. The Bertz CT molecular complexity index is 660. The molecule has 0 unspecified atom stereocenters. The third kappa shape index (κ3) is 5.97. The first kappa shape index (κ1) is 24.5. The van der Waals surface area contributed by atoms with E-state index in [0.29, 0.717) is 0 Å². The van der Waals surface area contributed by atoms with Crippen molar-refractivity contribution in [2.45, 2.75) is 52.4 Å². The lowest BCUT2D eigenvalue weighted by Crippen LogP contribution is -2.48. The van der Waals surface area contributed by atoms with Crippen molar-refractivity contribution >= 4 is 14.8 Å². The van der Waals surface area contributed by atoms with Gasteiger partial charge in [-0.3, -0.25) is 0 Å². The summed E-state index contributed by atoms with van der Waals surface area (Å²) >= 11 is 0. The minimum absolute atomic E-state index is 0.126. The molecule has 0 saturated heterocycles. The molecular weight excluding hydrogens is 407 g/mol. The van der Waals surface area contributed by atoms with E-state index in [2.05, 4.69) is 4.74 Å². The summed E-state index contributed by atoms with van der Waals surface area (Å²) in [7, 11) is -1.69. The lowest BCUT2D eigenvalue weighted by molar-refractivity contribution is 0.0283. The number of ether oxygens (including phenoxy) is 1. The number of esters is 1.